The van der Waals surface area contributed by atoms with Gasteiger partial charge in [-0.1, -0.05) is 0 Å². The van der Waals surface area contributed by atoms with Crippen LogP contribution in [0.3, 0.4) is 0 Å². The van der Waals surface area contributed by atoms with Crippen molar-refractivity contribution in [1.29, 1.82) is 0 Å². The number of anilines is 2. The van der Waals surface area contributed by atoms with E-state index in [0.29, 0.717) is 11.3 Å². The molecule has 0 amide bonds. The van der Waals surface area contributed by atoms with E-state index in [0.717, 1.165) is 16.8 Å². The highest BCUT2D eigenvalue weighted by Crippen LogP contribution is 2.22. The van der Waals surface area contributed by atoms with E-state index in [2.05, 4.69) is 4.98 Å². The summed E-state index contributed by atoms with van der Waals surface area (Å²) in [5, 5.41) is 0. The summed E-state index contributed by atoms with van der Waals surface area (Å²) in [4.78, 5) is 18.0. The lowest BCUT2D eigenvalue weighted by atomic mass is 10.1. The number of hydrogen-bond acceptors (Lipinski definition) is 5. The van der Waals surface area contributed by atoms with Crippen molar-refractivity contribution in [3.63, 3.8) is 0 Å². The van der Waals surface area contributed by atoms with Gasteiger partial charge < -0.3 is 15.4 Å². The van der Waals surface area contributed by atoms with Gasteiger partial charge in [-0.05, 0) is 36.8 Å². The van der Waals surface area contributed by atoms with Gasteiger partial charge in [0.2, 0.25) is 0 Å². The first-order valence-corrected chi connectivity index (χ1v) is 6.62. The van der Waals surface area contributed by atoms with E-state index in [4.69, 9.17) is 10.5 Å². The summed E-state index contributed by atoms with van der Waals surface area (Å²) >= 11 is 0. The van der Waals surface area contributed by atoms with E-state index in [-0.39, 0.29) is 6.61 Å². The molecular formula is C16H19N3O2. The molecule has 2 rings (SSSR count). The molecule has 0 unspecified atom stereocenters. The number of hydrogen-bond donors (Lipinski definition) is 1. The van der Waals surface area contributed by atoms with E-state index in [1.54, 1.807) is 30.6 Å². The Balaban J connectivity index is 2.05. The molecule has 0 radical (unpaired) electrons. The molecule has 0 aliphatic carbocycles. The Morgan fingerprint density at radius 2 is 2.05 bits per heavy atom. The molecule has 1 aromatic heterocycles. The second-order valence-electron chi connectivity index (χ2n) is 5.11. The molecular weight excluding hydrogens is 266 g/mol. The minimum atomic E-state index is -0.395. The Kier molecular flexibility index (Phi) is 4.42. The van der Waals surface area contributed by atoms with Crippen LogP contribution in [0.4, 0.5) is 11.4 Å². The predicted octanol–water partition coefficient (Wildman–Crippen LogP) is 2.40. The van der Waals surface area contributed by atoms with E-state index < -0.39 is 5.97 Å². The van der Waals surface area contributed by atoms with Crippen molar-refractivity contribution in [3.8, 4) is 0 Å². The lowest BCUT2D eigenvalue weighted by Gasteiger charge is -2.15. The predicted molar refractivity (Wildman–Crippen MR) is 83.3 cm³/mol. The summed E-state index contributed by atoms with van der Waals surface area (Å²) in [7, 11) is 3.79. The van der Waals surface area contributed by atoms with Crippen molar-refractivity contribution >= 4 is 17.3 Å². The molecule has 0 saturated heterocycles. The summed E-state index contributed by atoms with van der Waals surface area (Å²) in [5.41, 5.74) is 9.68. The summed E-state index contributed by atoms with van der Waals surface area (Å²) in [5.74, 6) is -0.395. The average molecular weight is 285 g/mol. The highest BCUT2D eigenvalue weighted by atomic mass is 16.5. The van der Waals surface area contributed by atoms with Crippen molar-refractivity contribution in [3.05, 3.63) is 53.3 Å². The van der Waals surface area contributed by atoms with Crippen molar-refractivity contribution in [2.75, 3.05) is 24.7 Å². The molecule has 0 aliphatic heterocycles. The number of nitrogen functional groups attached to an aromatic ring is 1. The lowest BCUT2D eigenvalue weighted by molar-refractivity contribution is 0.0472. The van der Waals surface area contributed by atoms with E-state index in [1.165, 1.54) is 0 Å². The minimum Gasteiger partial charge on any atom is -0.457 e. The van der Waals surface area contributed by atoms with Crippen molar-refractivity contribution in [2.24, 2.45) is 0 Å². The van der Waals surface area contributed by atoms with Gasteiger partial charge in [0, 0.05) is 32.1 Å². The molecule has 0 saturated carbocycles. The number of benzene rings is 1. The van der Waals surface area contributed by atoms with Crippen LogP contribution in [0.25, 0.3) is 0 Å². The summed E-state index contributed by atoms with van der Waals surface area (Å²) in [6.45, 7) is 2.14. The zero-order valence-electron chi connectivity index (χ0n) is 12.5. The van der Waals surface area contributed by atoms with Gasteiger partial charge in [-0.15, -0.1) is 0 Å². The van der Waals surface area contributed by atoms with Gasteiger partial charge in [-0.2, -0.15) is 0 Å². The molecule has 0 atom stereocenters. The standard InChI is InChI=1S/C16H19N3O2/c1-11-6-12(9-18-8-11)10-21-16(20)13-4-5-15(19(2)3)14(17)7-13/h4-9H,10,17H2,1-3H3. The second-order valence-corrected chi connectivity index (χ2v) is 5.11. The van der Waals surface area contributed by atoms with E-state index in [9.17, 15) is 4.79 Å². The number of carbonyl (C=O) groups excluding carboxylic acids is 1. The third-order valence-electron chi connectivity index (χ3n) is 3.05. The molecule has 2 N–H and O–H groups in total. The van der Waals surface area contributed by atoms with Gasteiger partial charge in [0.15, 0.2) is 0 Å². The van der Waals surface area contributed by atoms with Crippen LogP contribution in [-0.2, 0) is 11.3 Å². The SMILES string of the molecule is Cc1cncc(COC(=O)c2ccc(N(C)C)c(N)c2)c1. The molecule has 21 heavy (non-hydrogen) atoms. The van der Waals surface area contributed by atoms with Crippen LogP contribution < -0.4 is 10.6 Å². The molecule has 110 valence electrons. The Morgan fingerprint density at radius 3 is 2.67 bits per heavy atom. The van der Waals surface area contributed by atoms with Gasteiger partial charge in [0.25, 0.3) is 0 Å². The smallest absolute Gasteiger partial charge is 0.338 e. The molecule has 2 aromatic rings. The Morgan fingerprint density at radius 1 is 1.29 bits per heavy atom. The maximum Gasteiger partial charge on any atom is 0.338 e. The minimum absolute atomic E-state index is 0.197. The third kappa shape index (κ3) is 3.72. The zero-order chi connectivity index (χ0) is 15.4. The van der Waals surface area contributed by atoms with Gasteiger partial charge in [-0.25, -0.2) is 4.79 Å². The number of pyridine rings is 1. The Hall–Kier alpha value is -2.56. The van der Waals surface area contributed by atoms with Crippen LogP contribution in [0, 0.1) is 6.92 Å². The van der Waals surface area contributed by atoms with Crippen LogP contribution in [-0.4, -0.2) is 25.0 Å². The molecule has 1 heterocycles. The largest absolute Gasteiger partial charge is 0.457 e. The quantitative estimate of drug-likeness (QED) is 0.690. The normalized spacial score (nSPS) is 10.2. The topological polar surface area (TPSA) is 68.5 Å². The Bertz CT molecular complexity index is 654. The molecule has 0 aliphatic rings. The number of nitrogens with zero attached hydrogens (tertiary/aromatic N) is 2. The van der Waals surface area contributed by atoms with Crippen molar-refractivity contribution in [2.45, 2.75) is 13.5 Å². The number of carbonyl (C=O) groups is 1. The van der Waals surface area contributed by atoms with Crippen LogP contribution in [0.5, 0.6) is 0 Å². The van der Waals surface area contributed by atoms with Crippen LogP contribution in [0.2, 0.25) is 0 Å². The van der Waals surface area contributed by atoms with Crippen LogP contribution in [0.15, 0.2) is 36.7 Å². The third-order valence-corrected chi connectivity index (χ3v) is 3.05. The number of aryl methyl sites for hydroxylation is 1. The molecule has 0 spiro atoms. The number of nitrogens with two attached hydrogens (primary N) is 1. The fraction of sp³-hybridized carbons (Fsp3) is 0.250. The van der Waals surface area contributed by atoms with Crippen molar-refractivity contribution in [1.82, 2.24) is 4.98 Å². The zero-order valence-corrected chi connectivity index (χ0v) is 12.5. The van der Waals surface area contributed by atoms with Crippen LogP contribution >= 0.6 is 0 Å². The average Bonchev–Trinajstić information content (AvgIpc) is 2.44. The lowest BCUT2D eigenvalue weighted by Crippen LogP contribution is -2.12. The highest BCUT2D eigenvalue weighted by molar-refractivity contribution is 5.92. The van der Waals surface area contributed by atoms with E-state index >= 15 is 0 Å². The fourth-order valence-corrected chi connectivity index (χ4v) is 2.02. The first-order valence-electron chi connectivity index (χ1n) is 6.62. The van der Waals surface area contributed by atoms with Crippen LogP contribution in [0.1, 0.15) is 21.5 Å². The van der Waals surface area contributed by atoms with Crippen molar-refractivity contribution < 1.29 is 9.53 Å². The van der Waals surface area contributed by atoms with Gasteiger partial charge >= 0.3 is 5.97 Å². The maximum atomic E-state index is 12.0. The molecule has 0 fully saturated rings. The molecule has 0 bridgehead atoms. The number of ether oxygens (including phenoxy) is 1. The first kappa shape index (κ1) is 14.8. The summed E-state index contributed by atoms with van der Waals surface area (Å²) in [6.07, 6.45) is 3.44. The monoisotopic (exact) mass is 285 g/mol. The summed E-state index contributed by atoms with van der Waals surface area (Å²) < 4.78 is 5.28. The number of aromatic nitrogens is 1. The Labute approximate surface area is 124 Å². The van der Waals surface area contributed by atoms with Gasteiger partial charge in [-0.3, -0.25) is 4.98 Å². The maximum absolute atomic E-state index is 12.0. The highest BCUT2D eigenvalue weighted by Gasteiger charge is 2.10. The second kappa shape index (κ2) is 6.26. The molecule has 5 nitrogen and oxygen atoms in total. The molecule has 1 aromatic carbocycles. The number of esters is 1. The van der Waals surface area contributed by atoms with Gasteiger partial charge in [0.05, 0.1) is 16.9 Å². The first-order chi connectivity index (χ1) is 9.97. The molecule has 5 heteroatoms. The van der Waals surface area contributed by atoms with E-state index in [1.807, 2.05) is 32.0 Å². The van der Waals surface area contributed by atoms with Gasteiger partial charge in [0.1, 0.15) is 6.61 Å². The fourth-order valence-electron chi connectivity index (χ4n) is 2.02. The number of rotatable bonds is 4. The summed E-state index contributed by atoms with van der Waals surface area (Å²) in [6, 6.07) is 7.08.